The molecule has 6 heteroatoms. The van der Waals surface area contributed by atoms with Crippen LogP contribution in [0.25, 0.3) is 0 Å². The minimum absolute atomic E-state index is 0.00950. The summed E-state index contributed by atoms with van der Waals surface area (Å²) in [5, 5.41) is 3.13. The molecule has 0 spiro atoms. The van der Waals surface area contributed by atoms with E-state index in [1.807, 2.05) is 20.8 Å². The maximum absolute atomic E-state index is 12.6. The molecular weight excluding hydrogens is 406 g/mol. The van der Waals surface area contributed by atoms with Gasteiger partial charge in [-0.05, 0) is 63.2 Å². The summed E-state index contributed by atoms with van der Waals surface area (Å²) in [6, 6.07) is 21.3. The lowest BCUT2D eigenvalue weighted by atomic mass is 10.1. The minimum atomic E-state index is -0.625. The standard InChI is InChI=1S/C26H25NO5/c1-26(2,3)27-17-21(28)20-14-15-22(31-24(29)18-10-6-4-7-11-18)23(16-20)32-25(30)19-12-8-5-9-13-19/h4-16,27H,17H2,1-3H3. The topological polar surface area (TPSA) is 81.7 Å². The molecule has 32 heavy (non-hydrogen) atoms. The molecular formula is C26H25NO5. The van der Waals surface area contributed by atoms with Crippen LogP contribution in [0.15, 0.2) is 78.9 Å². The fraction of sp³-hybridized carbons (Fsp3) is 0.192. The van der Waals surface area contributed by atoms with Crippen molar-refractivity contribution in [3.63, 3.8) is 0 Å². The number of hydrogen-bond acceptors (Lipinski definition) is 6. The van der Waals surface area contributed by atoms with Crippen LogP contribution in [0.5, 0.6) is 11.5 Å². The van der Waals surface area contributed by atoms with Gasteiger partial charge in [0.05, 0.1) is 17.7 Å². The van der Waals surface area contributed by atoms with Crippen LogP contribution in [0, 0.1) is 0 Å². The average Bonchev–Trinajstić information content (AvgIpc) is 2.79. The van der Waals surface area contributed by atoms with E-state index < -0.39 is 11.9 Å². The third-order valence-corrected chi connectivity index (χ3v) is 4.47. The Morgan fingerprint density at radius 1 is 0.688 bits per heavy atom. The molecule has 0 atom stereocenters. The Labute approximate surface area is 187 Å². The number of carbonyl (C=O) groups excluding carboxylic acids is 3. The van der Waals surface area contributed by atoms with Gasteiger partial charge in [0, 0.05) is 11.1 Å². The normalized spacial score (nSPS) is 11.0. The molecule has 1 N–H and O–H groups in total. The molecule has 0 aliphatic rings. The monoisotopic (exact) mass is 431 g/mol. The fourth-order valence-corrected chi connectivity index (χ4v) is 2.76. The van der Waals surface area contributed by atoms with Crippen LogP contribution in [0.3, 0.4) is 0 Å². The molecule has 0 bridgehead atoms. The summed E-state index contributed by atoms with van der Waals surface area (Å²) < 4.78 is 11.0. The molecule has 0 saturated heterocycles. The quantitative estimate of drug-likeness (QED) is 0.332. The molecule has 0 saturated carbocycles. The average molecular weight is 431 g/mol. The van der Waals surface area contributed by atoms with Crippen LogP contribution in [-0.2, 0) is 0 Å². The van der Waals surface area contributed by atoms with Crippen molar-refractivity contribution < 1.29 is 23.9 Å². The summed E-state index contributed by atoms with van der Waals surface area (Å²) in [6.45, 7) is 5.98. The summed E-state index contributed by atoms with van der Waals surface area (Å²) >= 11 is 0. The zero-order valence-electron chi connectivity index (χ0n) is 18.3. The van der Waals surface area contributed by atoms with Gasteiger partial charge in [0.2, 0.25) is 0 Å². The highest BCUT2D eigenvalue weighted by molar-refractivity contribution is 5.99. The molecule has 164 valence electrons. The SMILES string of the molecule is CC(C)(C)NCC(=O)c1ccc(OC(=O)c2ccccc2)c(OC(=O)c2ccccc2)c1. The largest absolute Gasteiger partial charge is 0.419 e. The van der Waals surface area contributed by atoms with Crippen molar-refractivity contribution in [2.45, 2.75) is 26.3 Å². The zero-order chi connectivity index (χ0) is 23.1. The van der Waals surface area contributed by atoms with Crippen molar-refractivity contribution >= 4 is 17.7 Å². The summed E-state index contributed by atoms with van der Waals surface area (Å²) in [6.07, 6.45) is 0. The smallest absolute Gasteiger partial charge is 0.343 e. The maximum atomic E-state index is 12.6. The van der Waals surface area contributed by atoms with Gasteiger partial charge < -0.3 is 14.8 Å². The molecule has 0 heterocycles. The van der Waals surface area contributed by atoms with Gasteiger partial charge in [-0.15, -0.1) is 0 Å². The predicted octanol–water partition coefficient (Wildman–Crippen LogP) is 4.70. The first-order valence-electron chi connectivity index (χ1n) is 10.2. The summed E-state index contributed by atoms with van der Waals surface area (Å²) in [5.41, 5.74) is 0.780. The molecule has 6 nitrogen and oxygen atoms in total. The predicted molar refractivity (Wildman–Crippen MR) is 121 cm³/mol. The van der Waals surface area contributed by atoms with E-state index in [0.29, 0.717) is 16.7 Å². The molecule has 0 aromatic heterocycles. The van der Waals surface area contributed by atoms with E-state index in [1.54, 1.807) is 66.7 Å². The highest BCUT2D eigenvalue weighted by Gasteiger charge is 2.19. The molecule has 0 amide bonds. The fourth-order valence-electron chi connectivity index (χ4n) is 2.76. The Morgan fingerprint density at radius 3 is 1.69 bits per heavy atom. The zero-order valence-corrected chi connectivity index (χ0v) is 18.3. The number of carbonyl (C=O) groups is 3. The van der Waals surface area contributed by atoms with Crippen molar-refractivity contribution in [3.05, 3.63) is 95.6 Å². The van der Waals surface area contributed by atoms with Crippen LogP contribution in [0.4, 0.5) is 0 Å². The number of hydrogen-bond donors (Lipinski definition) is 1. The molecule has 3 aromatic carbocycles. The van der Waals surface area contributed by atoms with Gasteiger partial charge in [-0.3, -0.25) is 4.79 Å². The second-order valence-corrected chi connectivity index (χ2v) is 8.20. The summed E-state index contributed by atoms with van der Waals surface area (Å²) in [7, 11) is 0. The van der Waals surface area contributed by atoms with Crippen molar-refractivity contribution in [3.8, 4) is 11.5 Å². The van der Waals surface area contributed by atoms with Crippen molar-refractivity contribution in [1.82, 2.24) is 5.32 Å². The van der Waals surface area contributed by atoms with Gasteiger partial charge in [-0.2, -0.15) is 0 Å². The molecule has 0 radical (unpaired) electrons. The Hall–Kier alpha value is -3.77. The van der Waals surface area contributed by atoms with E-state index in [2.05, 4.69) is 5.32 Å². The van der Waals surface area contributed by atoms with Gasteiger partial charge in [-0.1, -0.05) is 36.4 Å². The first-order valence-corrected chi connectivity index (χ1v) is 10.2. The van der Waals surface area contributed by atoms with Gasteiger partial charge >= 0.3 is 11.9 Å². The van der Waals surface area contributed by atoms with Crippen LogP contribution in [0.2, 0.25) is 0 Å². The number of esters is 2. The lowest BCUT2D eigenvalue weighted by molar-refractivity contribution is 0.0682. The molecule has 3 aromatic rings. The van der Waals surface area contributed by atoms with Gasteiger partial charge in [0.25, 0.3) is 0 Å². The Morgan fingerprint density at radius 2 is 1.19 bits per heavy atom. The summed E-state index contributed by atoms with van der Waals surface area (Å²) in [4.78, 5) is 37.8. The number of ether oxygens (including phenoxy) is 2. The van der Waals surface area contributed by atoms with E-state index in [0.717, 1.165) is 0 Å². The van der Waals surface area contributed by atoms with E-state index in [-0.39, 0.29) is 29.4 Å². The lowest BCUT2D eigenvalue weighted by Crippen LogP contribution is -2.39. The van der Waals surface area contributed by atoms with E-state index >= 15 is 0 Å². The molecule has 0 aliphatic heterocycles. The van der Waals surface area contributed by atoms with E-state index in [4.69, 9.17) is 9.47 Å². The Bertz CT molecular complexity index is 1100. The van der Waals surface area contributed by atoms with Gasteiger partial charge in [0.15, 0.2) is 17.3 Å². The van der Waals surface area contributed by atoms with Crippen LogP contribution >= 0.6 is 0 Å². The first-order chi connectivity index (χ1) is 15.2. The molecule has 0 unspecified atom stereocenters. The number of rotatable bonds is 7. The van der Waals surface area contributed by atoms with E-state index in [9.17, 15) is 14.4 Å². The maximum Gasteiger partial charge on any atom is 0.343 e. The first kappa shape index (κ1) is 22.9. The Kier molecular flexibility index (Phi) is 7.18. The number of benzene rings is 3. The highest BCUT2D eigenvalue weighted by Crippen LogP contribution is 2.30. The minimum Gasteiger partial charge on any atom is -0.419 e. The number of ketones is 1. The number of nitrogens with one attached hydrogen (secondary N) is 1. The number of Topliss-reactive ketones (excluding diaryl/α,β-unsaturated/α-hetero) is 1. The third-order valence-electron chi connectivity index (χ3n) is 4.47. The molecule has 0 aliphatic carbocycles. The Balaban J connectivity index is 1.88. The summed E-state index contributed by atoms with van der Waals surface area (Å²) in [5.74, 6) is -1.37. The third kappa shape index (κ3) is 6.36. The van der Waals surface area contributed by atoms with Gasteiger partial charge in [0.1, 0.15) is 0 Å². The molecule has 3 rings (SSSR count). The van der Waals surface area contributed by atoms with Crippen molar-refractivity contribution in [2.24, 2.45) is 0 Å². The van der Waals surface area contributed by atoms with E-state index in [1.165, 1.54) is 12.1 Å². The second kappa shape index (κ2) is 10.0. The van der Waals surface area contributed by atoms with Gasteiger partial charge in [-0.25, -0.2) is 9.59 Å². The van der Waals surface area contributed by atoms with Crippen LogP contribution in [0.1, 0.15) is 51.8 Å². The van der Waals surface area contributed by atoms with Crippen LogP contribution in [-0.4, -0.2) is 29.8 Å². The highest BCUT2D eigenvalue weighted by atomic mass is 16.6. The lowest BCUT2D eigenvalue weighted by Gasteiger charge is -2.20. The second-order valence-electron chi connectivity index (χ2n) is 8.20. The molecule has 0 fully saturated rings. The van der Waals surface area contributed by atoms with Crippen molar-refractivity contribution in [2.75, 3.05) is 6.54 Å². The van der Waals surface area contributed by atoms with Crippen molar-refractivity contribution in [1.29, 1.82) is 0 Å². The van der Waals surface area contributed by atoms with Crippen LogP contribution < -0.4 is 14.8 Å².